The first-order valence-corrected chi connectivity index (χ1v) is 12.3. The highest BCUT2D eigenvalue weighted by atomic mass is 79.9. The molecule has 0 aliphatic rings. The summed E-state index contributed by atoms with van der Waals surface area (Å²) < 4.78 is 33.9. The van der Waals surface area contributed by atoms with Gasteiger partial charge in [-0.2, -0.15) is 5.10 Å². The summed E-state index contributed by atoms with van der Waals surface area (Å²) in [6, 6.07) is 18.8. The largest absolute Gasteiger partial charge is 0.496 e. The minimum absolute atomic E-state index is 0.101. The predicted molar refractivity (Wildman–Crippen MR) is 133 cm³/mol. The Balaban J connectivity index is 1.84. The van der Waals surface area contributed by atoms with Gasteiger partial charge >= 0.3 is 0 Å². The van der Waals surface area contributed by atoms with Gasteiger partial charge in [0, 0.05) is 10.0 Å². The highest BCUT2D eigenvalue weighted by molar-refractivity contribution is 9.10. The van der Waals surface area contributed by atoms with Gasteiger partial charge in [-0.05, 0) is 56.3 Å². The third kappa shape index (κ3) is 6.21. The number of hydrazone groups is 1. The van der Waals surface area contributed by atoms with Crippen molar-refractivity contribution < 1.29 is 17.9 Å². The second-order valence-electron chi connectivity index (χ2n) is 7.34. The predicted octanol–water partition coefficient (Wildman–Crippen LogP) is 4.42. The number of anilines is 1. The summed E-state index contributed by atoms with van der Waals surface area (Å²) >= 11 is 3.38. The lowest BCUT2D eigenvalue weighted by atomic mass is 10.2. The average Bonchev–Trinajstić information content (AvgIpc) is 2.78. The number of hydrogen-bond acceptors (Lipinski definition) is 5. The van der Waals surface area contributed by atoms with E-state index in [1.807, 2.05) is 19.9 Å². The van der Waals surface area contributed by atoms with Crippen LogP contribution >= 0.6 is 15.9 Å². The van der Waals surface area contributed by atoms with E-state index in [2.05, 4.69) is 26.5 Å². The number of nitrogens with zero attached hydrogens (tertiary/aromatic N) is 2. The minimum Gasteiger partial charge on any atom is -0.496 e. The van der Waals surface area contributed by atoms with Gasteiger partial charge in [0.15, 0.2) is 0 Å². The van der Waals surface area contributed by atoms with Crippen LogP contribution in [0.1, 0.15) is 16.7 Å². The molecule has 0 fully saturated rings. The molecule has 0 saturated heterocycles. The number of nitrogens with one attached hydrogen (secondary N) is 1. The summed E-state index contributed by atoms with van der Waals surface area (Å²) in [5.41, 5.74) is 5.34. The van der Waals surface area contributed by atoms with Gasteiger partial charge in [0.25, 0.3) is 15.9 Å². The number of amides is 1. The molecular formula is C24H24BrN3O4S. The van der Waals surface area contributed by atoms with Gasteiger partial charge in [-0.3, -0.25) is 9.10 Å². The van der Waals surface area contributed by atoms with Crippen LogP contribution in [0.5, 0.6) is 5.75 Å². The summed E-state index contributed by atoms with van der Waals surface area (Å²) in [7, 11) is -2.44. The number of hydrogen-bond donors (Lipinski definition) is 1. The van der Waals surface area contributed by atoms with Gasteiger partial charge < -0.3 is 4.74 Å². The zero-order chi connectivity index (χ0) is 24.0. The third-order valence-corrected chi connectivity index (χ3v) is 7.08. The van der Waals surface area contributed by atoms with Crippen molar-refractivity contribution in [2.45, 2.75) is 18.7 Å². The molecule has 0 atom stereocenters. The van der Waals surface area contributed by atoms with Crippen LogP contribution < -0.4 is 14.5 Å². The maximum Gasteiger partial charge on any atom is 0.264 e. The van der Waals surface area contributed by atoms with E-state index in [4.69, 9.17) is 4.74 Å². The van der Waals surface area contributed by atoms with E-state index in [1.165, 1.54) is 25.5 Å². The van der Waals surface area contributed by atoms with E-state index in [0.29, 0.717) is 17.0 Å². The Labute approximate surface area is 202 Å². The smallest absolute Gasteiger partial charge is 0.264 e. The van der Waals surface area contributed by atoms with Gasteiger partial charge in [0.1, 0.15) is 12.3 Å². The summed E-state index contributed by atoms with van der Waals surface area (Å²) in [6.45, 7) is 3.34. The van der Waals surface area contributed by atoms with Crippen molar-refractivity contribution in [1.29, 1.82) is 0 Å². The van der Waals surface area contributed by atoms with Gasteiger partial charge in [0.2, 0.25) is 0 Å². The van der Waals surface area contributed by atoms with E-state index in [-0.39, 0.29) is 4.90 Å². The van der Waals surface area contributed by atoms with Crippen molar-refractivity contribution in [2.75, 3.05) is 18.0 Å². The van der Waals surface area contributed by atoms with Crippen molar-refractivity contribution >= 4 is 43.8 Å². The quantitative estimate of drug-likeness (QED) is 0.345. The number of halogens is 1. The second kappa shape index (κ2) is 10.6. The second-order valence-corrected chi connectivity index (χ2v) is 10.1. The molecule has 0 saturated carbocycles. The normalized spacial score (nSPS) is 11.4. The van der Waals surface area contributed by atoms with Gasteiger partial charge in [0.05, 0.1) is 23.9 Å². The lowest BCUT2D eigenvalue weighted by Gasteiger charge is -2.24. The lowest BCUT2D eigenvalue weighted by molar-refractivity contribution is -0.119. The molecule has 9 heteroatoms. The number of ether oxygens (including phenoxy) is 1. The molecule has 0 aliphatic carbocycles. The van der Waals surface area contributed by atoms with Crippen molar-refractivity contribution in [3.63, 3.8) is 0 Å². The Bertz CT molecular complexity index is 1260. The van der Waals surface area contributed by atoms with Crippen LogP contribution in [0.3, 0.4) is 0 Å². The highest BCUT2D eigenvalue weighted by Crippen LogP contribution is 2.24. The molecule has 0 bridgehead atoms. The van der Waals surface area contributed by atoms with Crippen LogP contribution in [-0.2, 0) is 14.8 Å². The van der Waals surface area contributed by atoms with Gasteiger partial charge in [-0.15, -0.1) is 0 Å². The maximum atomic E-state index is 13.4. The zero-order valence-electron chi connectivity index (χ0n) is 18.4. The fourth-order valence-corrected chi connectivity index (χ4v) is 4.81. The molecule has 0 aromatic heterocycles. The van der Waals surface area contributed by atoms with Crippen LogP contribution in [0.4, 0.5) is 5.69 Å². The summed E-state index contributed by atoms with van der Waals surface area (Å²) in [5, 5.41) is 3.97. The molecule has 3 aromatic carbocycles. The molecule has 0 unspecified atom stereocenters. The molecule has 172 valence electrons. The Morgan fingerprint density at radius 3 is 2.24 bits per heavy atom. The molecule has 0 radical (unpaired) electrons. The number of sulfonamides is 1. The fourth-order valence-electron chi connectivity index (χ4n) is 3.01. The van der Waals surface area contributed by atoms with Crippen molar-refractivity contribution in [1.82, 2.24) is 5.43 Å². The minimum atomic E-state index is -3.98. The molecule has 0 heterocycles. The molecule has 3 aromatic rings. The van der Waals surface area contributed by atoms with E-state index >= 15 is 0 Å². The number of rotatable bonds is 8. The van der Waals surface area contributed by atoms with Crippen molar-refractivity contribution in [3.8, 4) is 5.75 Å². The van der Waals surface area contributed by atoms with Crippen LogP contribution in [0.25, 0.3) is 0 Å². The SMILES string of the molecule is COc1ccc(Br)cc1/C=N/NC(=O)CN(c1ccc(C)cc1)S(=O)(=O)c1ccc(C)cc1. The zero-order valence-corrected chi connectivity index (χ0v) is 20.9. The Morgan fingerprint density at radius 2 is 1.64 bits per heavy atom. The lowest BCUT2D eigenvalue weighted by Crippen LogP contribution is -2.39. The van der Waals surface area contributed by atoms with Crippen molar-refractivity contribution in [3.05, 3.63) is 87.9 Å². The third-order valence-electron chi connectivity index (χ3n) is 4.80. The Morgan fingerprint density at radius 1 is 1.03 bits per heavy atom. The molecule has 7 nitrogen and oxygen atoms in total. The number of aryl methyl sites for hydroxylation is 2. The molecule has 3 rings (SSSR count). The first-order chi connectivity index (χ1) is 15.7. The van der Waals surface area contributed by atoms with Crippen LogP contribution in [-0.4, -0.2) is 34.2 Å². The van der Waals surface area contributed by atoms with Gasteiger partial charge in [-0.1, -0.05) is 51.3 Å². The maximum absolute atomic E-state index is 13.4. The number of carbonyl (C=O) groups is 1. The molecular weight excluding hydrogens is 506 g/mol. The van der Waals surface area contributed by atoms with E-state index in [9.17, 15) is 13.2 Å². The molecule has 1 amide bonds. The molecule has 0 spiro atoms. The molecule has 0 aliphatic heterocycles. The molecule has 33 heavy (non-hydrogen) atoms. The van der Waals surface area contributed by atoms with Crippen LogP contribution in [0.2, 0.25) is 0 Å². The number of methoxy groups -OCH3 is 1. The van der Waals surface area contributed by atoms with Crippen LogP contribution in [0.15, 0.2) is 81.2 Å². The standard InChI is InChI=1S/C24H24BrN3O4S/c1-17-4-9-21(10-5-17)28(33(30,31)22-11-6-18(2)7-12-22)16-24(29)27-26-15-19-14-20(25)8-13-23(19)32-3/h4-15H,16H2,1-3H3,(H,27,29)/b26-15+. The first-order valence-electron chi connectivity index (χ1n) is 10.0. The molecule has 1 N–H and O–H groups in total. The Kier molecular flexibility index (Phi) is 7.88. The summed E-state index contributed by atoms with van der Waals surface area (Å²) in [6.07, 6.45) is 1.44. The highest BCUT2D eigenvalue weighted by Gasteiger charge is 2.27. The number of benzene rings is 3. The van der Waals surface area contributed by atoms with Crippen LogP contribution in [0, 0.1) is 13.8 Å². The monoisotopic (exact) mass is 529 g/mol. The van der Waals surface area contributed by atoms with E-state index in [0.717, 1.165) is 19.9 Å². The average molecular weight is 530 g/mol. The topological polar surface area (TPSA) is 88.1 Å². The first kappa shape index (κ1) is 24.5. The Hall–Kier alpha value is -3.17. The summed E-state index contributed by atoms with van der Waals surface area (Å²) in [5.74, 6) is -0.00379. The summed E-state index contributed by atoms with van der Waals surface area (Å²) in [4.78, 5) is 12.8. The fraction of sp³-hybridized carbons (Fsp3) is 0.167. The van der Waals surface area contributed by atoms with Crippen molar-refractivity contribution in [2.24, 2.45) is 5.10 Å². The van der Waals surface area contributed by atoms with E-state index in [1.54, 1.807) is 48.5 Å². The van der Waals surface area contributed by atoms with E-state index < -0.39 is 22.5 Å². The number of carbonyl (C=O) groups excluding carboxylic acids is 1. The van der Waals surface area contributed by atoms with Gasteiger partial charge in [-0.25, -0.2) is 13.8 Å².